The molecule has 0 radical (unpaired) electrons. The van der Waals surface area contributed by atoms with Crippen molar-refractivity contribution in [1.29, 1.82) is 0 Å². The Hall–Kier alpha value is -3.81. The van der Waals surface area contributed by atoms with Crippen molar-refractivity contribution in [1.82, 2.24) is 10.9 Å². The van der Waals surface area contributed by atoms with Crippen molar-refractivity contribution in [2.24, 2.45) is 17.8 Å². The molecule has 0 saturated carbocycles. The van der Waals surface area contributed by atoms with Gasteiger partial charge in [0.25, 0.3) is 5.69 Å². The van der Waals surface area contributed by atoms with Gasteiger partial charge in [-0.25, -0.2) is 18.7 Å². The summed E-state index contributed by atoms with van der Waals surface area (Å²) in [4.78, 5) is 43.3. The summed E-state index contributed by atoms with van der Waals surface area (Å²) in [6, 6.07) is 14.2. The summed E-state index contributed by atoms with van der Waals surface area (Å²) in [5.74, 6) is -3.14. The van der Waals surface area contributed by atoms with Crippen LogP contribution in [-0.4, -0.2) is 44.3 Å². The molecule has 0 spiro atoms. The fraction of sp³-hybridized carbons (Fsp3) is 0.448. The van der Waals surface area contributed by atoms with Crippen LogP contribution in [0.5, 0.6) is 0 Å². The largest absolute Gasteiger partial charge is 0.350 e. The summed E-state index contributed by atoms with van der Waals surface area (Å²) in [5.41, 5.74) is 5.59. The standard InChI is InChI=1S/C29H38N4O8S/c1-21(2)20-26(28(34)30-32(42(3,38)39)23-15-17-24(18-16-23)33(36)37)25(13-9-12-22-10-5-4-6-11-22)29(35)31-41-27-14-7-8-19-40-27/h4-6,9-12,15-18,21,25-27H,7-8,13-14,19-20H2,1-3H3,(H,30,34)(H,31,35)/t25-,26+,27?/m0/s1. The number of carbonyl (C=O) groups is 2. The van der Waals surface area contributed by atoms with Gasteiger partial charge in [0.1, 0.15) is 0 Å². The molecule has 228 valence electrons. The van der Waals surface area contributed by atoms with Gasteiger partial charge < -0.3 is 4.74 Å². The van der Waals surface area contributed by atoms with Gasteiger partial charge in [-0.05, 0) is 49.3 Å². The molecule has 42 heavy (non-hydrogen) atoms. The van der Waals surface area contributed by atoms with Crippen molar-refractivity contribution in [3.63, 3.8) is 0 Å². The number of non-ortho nitro benzene ring substituents is 1. The maximum Gasteiger partial charge on any atom is 0.269 e. The maximum atomic E-state index is 13.8. The van der Waals surface area contributed by atoms with Crippen LogP contribution < -0.4 is 15.3 Å². The predicted octanol–water partition coefficient (Wildman–Crippen LogP) is 4.35. The number of sulfonamides is 1. The van der Waals surface area contributed by atoms with Gasteiger partial charge in [-0.15, -0.1) is 0 Å². The van der Waals surface area contributed by atoms with Gasteiger partial charge in [-0.3, -0.25) is 25.1 Å². The van der Waals surface area contributed by atoms with E-state index in [0.717, 1.165) is 36.8 Å². The summed E-state index contributed by atoms with van der Waals surface area (Å²) >= 11 is 0. The molecule has 0 aliphatic carbocycles. The minimum atomic E-state index is -4.06. The van der Waals surface area contributed by atoms with E-state index in [9.17, 15) is 28.1 Å². The van der Waals surface area contributed by atoms with Crippen molar-refractivity contribution in [3.8, 4) is 0 Å². The number of allylic oxidation sites excluding steroid dienone is 1. The van der Waals surface area contributed by atoms with E-state index in [4.69, 9.17) is 9.57 Å². The summed E-state index contributed by atoms with van der Waals surface area (Å²) in [6.07, 6.45) is 6.79. The number of nitro benzene ring substituents is 1. The Morgan fingerprint density at radius 2 is 1.79 bits per heavy atom. The van der Waals surface area contributed by atoms with E-state index in [1.165, 1.54) is 12.1 Å². The predicted molar refractivity (Wildman–Crippen MR) is 158 cm³/mol. The summed E-state index contributed by atoms with van der Waals surface area (Å²) in [6.45, 7) is 4.31. The lowest BCUT2D eigenvalue weighted by molar-refractivity contribution is -0.384. The molecule has 0 aromatic heterocycles. The lowest BCUT2D eigenvalue weighted by atomic mass is 9.82. The number of ether oxygens (including phenoxy) is 1. The van der Waals surface area contributed by atoms with Crippen LogP contribution in [0.25, 0.3) is 6.08 Å². The number of hydrogen-bond acceptors (Lipinski definition) is 8. The molecule has 13 heteroatoms. The molecule has 3 rings (SSSR count). The van der Waals surface area contributed by atoms with Crippen LogP contribution in [0.15, 0.2) is 60.7 Å². The molecule has 1 aliphatic heterocycles. The summed E-state index contributed by atoms with van der Waals surface area (Å²) < 4.78 is 31.6. The quantitative estimate of drug-likeness (QED) is 0.239. The molecular weight excluding hydrogens is 564 g/mol. The zero-order chi connectivity index (χ0) is 30.7. The molecule has 12 nitrogen and oxygen atoms in total. The van der Waals surface area contributed by atoms with Crippen LogP contribution in [0, 0.1) is 27.9 Å². The fourth-order valence-electron chi connectivity index (χ4n) is 4.57. The first-order valence-corrected chi connectivity index (χ1v) is 15.6. The number of anilines is 1. The smallest absolute Gasteiger partial charge is 0.269 e. The first-order chi connectivity index (χ1) is 20.0. The van der Waals surface area contributed by atoms with Gasteiger partial charge in [0.2, 0.25) is 21.8 Å². The second-order valence-electron chi connectivity index (χ2n) is 10.5. The van der Waals surface area contributed by atoms with E-state index < -0.39 is 44.9 Å². The van der Waals surface area contributed by atoms with Gasteiger partial charge in [0.05, 0.1) is 28.7 Å². The third kappa shape index (κ3) is 9.93. The Morgan fingerprint density at radius 3 is 2.36 bits per heavy atom. The monoisotopic (exact) mass is 602 g/mol. The molecule has 3 atom stereocenters. The number of nitro groups is 1. The molecule has 0 bridgehead atoms. The van der Waals surface area contributed by atoms with Crippen LogP contribution >= 0.6 is 0 Å². The number of nitrogens with one attached hydrogen (secondary N) is 2. The Balaban J connectivity index is 1.89. The van der Waals surface area contributed by atoms with Gasteiger partial charge >= 0.3 is 0 Å². The van der Waals surface area contributed by atoms with E-state index in [2.05, 4.69) is 10.9 Å². The maximum absolute atomic E-state index is 13.8. The fourth-order valence-corrected chi connectivity index (χ4v) is 5.33. The average Bonchev–Trinajstić information content (AvgIpc) is 2.96. The molecule has 2 aromatic rings. The van der Waals surface area contributed by atoms with E-state index in [1.54, 1.807) is 6.08 Å². The van der Waals surface area contributed by atoms with Crippen molar-refractivity contribution < 1.29 is 32.5 Å². The Bertz CT molecular complexity index is 1330. The summed E-state index contributed by atoms with van der Waals surface area (Å²) in [7, 11) is -4.06. The molecule has 1 unspecified atom stereocenters. The van der Waals surface area contributed by atoms with E-state index in [1.807, 2.05) is 50.3 Å². The highest BCUT2D eigenvalue weighted by Crippen LogP contribution is 2.27. The van der Waals surface area contributed by atoms with Crippen LogP contribution in [0.3, 0.4) is 0 Å². The molecule has 1 fully saturated rings. The van der Waals surface area contributed by atoms with Crippen LogP contribution in [0.4, 0.5) is 11.4 Å². The zero-order valence-electron chi connectivity index (χ0n) is 24.0. The third-order valence-electron chi connectivity index (χ3n) is 6.65. The molecule has 1 saturated heterocycles. The highest BCUT2D eigenvalue weighted by molar-refractivity contribution is 7.92. The second-order valence-corrected chi connectivity index (χ2v) is 12.4. The topological polar surface area (TPSA) is 157 Å². The number of rotatable bonds is 14. The number of hydrogen-bond donors (Lipinski definition) is 2. The van der Waals surface area contributed by atoms with Crippen LogP contribution in [0.2, 0.25) is 0 Å². The number of amides is 2. The van der Waals surface area contributed by atoms with Gasteiger partial charge in [0.15, 0.2) is 6.29 Å². The third-order valence-corrected chi connectivity index (χ3v) is 7.62. The van der Waals surface area contributed by atoms with Gasteiger partial charge in [-0.2, -0.15) is 4.41 Å². The summed E-state index contributed by atoms with van der Waals surface area (Å²) in [5, 5.41) is 11.1. The van der Waals surface area contributed by atoms with Crippen molar-refractivity contribution in [3.05, 3.63) is 76.4 Å². The minimum Gasteiger partial charge on any atom is -0.350 e. The number of hydroxylamine groups is 1. The first-order valence-electron chi connectivity index (χ1n) is 13.8. The first kappa shape index (κ1) is 32.7. The molecule has 2 N–H and O–H groups in total. The van der Waals surface area contributed by atoms with E-state index in [0.29, 0.717) is 17.4 Å². The van der Waals surface area contributed by atoms with Gasteiger partial charge in [0, 0.05) is 25.2 Å². The number of nitrogens with zero attached hydrogens (tertiary/aromatic N) is 2. The number of benzene rings is 2. The molecule has 2 aromatic carbocycles. The van der Waals surface area contributed by atoms with Crippen LogP contribution in [0.1, 0.15) is 51.5 Å². The van der Waals surface area contributed by atoms with Gasteiger partial charge in [-0.1, -0.05) is 56.3 Å². The lowest BCUT2D eigenvalue weighted by Crippen LogP contribution is -2.51. The molecule has 1 heterocycles. The molecule has 1 aliphatic rings. The molecular formula is C29H38N4O8S. The normalized spacial score (nSPS) is 17.0. The SMILES string of the molecule is CC(C)C[C@@H](C(=O)NN(c1ccc([N+](=O)[O-])cc1)S(C)(=O)=O)[C@H](CC=Cc1ccccc1)C(=O)NOC1CCCCO1. The van der Waals surface area contributed by atoms with Crippen molar-refractivity contribution >= 4 is 39.3 Å². The highest BCUT2D eigenvalue weighted by atomic mass is 32.2. The Labute approximate surface area is 246 Å². The van der Waals surface area contributed by atoms with Crippen molar-refractivity contribution in [2.75, 3.05) is 17.3 Å². The highest BCUT2D eigenvalue weighted by Gasteiger charge is 2.36. The van der Waals surface area contributed by atoms with Crippen molar-refractivity contribution in [2.45, 2.75) is 52.2 Å². The molecule has 2 amide bonds. The minimum absolute atomic E-state index is 0.00232. The van der Waals surface area contributed by atoms with E-state index >= 15 is 0 Å². The second kappa shape index (κ2) is 15.4. The average molecular weight is 603 g/mol. The Kier molecular flexibility index (Phi) is 12.0. The number of hydrazine groups is 1. The Morgan fingerprint density at radius 1 is 1.10 bits per heavy atom. The number of carbonyl (C=O) groups excluding carboxylic acids is 2. The van der Waals surface area contributed by atoms with Crippen LogP contribution in [-0.2, 0) is 29.2 Å². The zero-order valence-corrected chi connectivity index (χ0v) is 24.8. The van der Waals surface area contributed by atoms with E-state index in [-0.39, 0.29) is 30.1 Å². The lowest BCUT2D eigenvalue weighted by Gasteiger charge is -2.30.